The second kappa shape index (κ2) is 4.55. The van der Waals surface area contributed by atoms with Crippen LogP contribution in [0, 0.1) is 5.41 Å². The first-order valence-corrected chi connectivity index (χ1v) is 5.86. The van der Waals surface area contributed by atoms with Crippen LogP contribution in [-0.4, -0.2) is 28.8 Å². The molecule has 98 valence electrons. The first kappa shape index (κ1) is 13.8. The smallest absolute Gasteiger partial charge is 0.408 e. The van der Waals surface area contributed by atoms with Gasteiger partial charge in [-0.05, 0) is 39.0 Å². The minimum atomic E-state index is -1.00. The molecule has 2 N–H and O–H groups in total. The minimum Gasteiger partial charge on any atom is -0.480 e. The van der Waals surface area contributed by atoms with Gasteiger partial charge in [0.1, 0.15) is 11.6 Å². The second-order valence-electron chi connectivity index (χ2n) is 5.93. The highest BCUT2D eigenvalue weighted by Gasteiger charge is 2.45. The molecule has 1 saturated carbocycles. The SMILES string of the molecule is CC(C)(C)OC(=O)N[C@@H](C(=O)O)C1(C)CCC1. The molecule has 1 aliphatic rings. The van der Waals surface area contributed by atoms with Crippen LogP contribution in [-0.2, 0) is 9.53 Å². The van der Waals surface area contributed by atoms with Gasteiger partial charge in [0.05, 0.1) is 0 Å². The van der Waals surface area contributed by atoms with Crippen molar-refractivity contribution in [2.24, 2.45) is 5.41 Å². The molecule has 1 atom stereocenters. The van der Waals surface area contributed by atoms with Crippen molar-refractivity contribution in [1.82, 2.24) is 5.32 Å². The minimum absolute atomic E-state index is 0.345. The Labute approximate surface area is 102 Å². The van der Waals surface area contributed by atoms with Crippen LogP contribution in [0.1, 0.15) is 47.0 Å². The van der Waals surface area contributed by atoms with Crippen molar-refractivity contribution in [2.45, 2.75) is 58.6 Å². The van der Waals surface area contributed by atoms with Crippen molar-refractivity contribution in [3.63, 3.8) is 0 Å². The zero-order valence-electron chi connectivity index (χ0n) is 10.9. The summed E-state index contributed by atoms with van der Waals surface area (Å²) in [6.07, 6.45) is 1.98. The topological polar surface area (TPSA) is 75.6 Å². The number of hydrogen-bond acceptors (Lipinski definition) is 3. The predicted molar refractivity (Wildman–Crippen MR) is 62.8 cm³/mol. The van der Waals surface area contributed by atoms with Crippen LogP contribution in [0.4, 0.5) is 4.79 Å². The van der Waals surface area contributed by atoms with E-state index in [1.165, 1.54) is 0 Å². The Bertz CT molecular complexity index is 315. The van der Waals surface area contributed by atoms with Crippen molar-refractivity contribution in [3.05, 3.63) is 0 Å². The highest BCUT2D eigenvalue weighted by Crippen LogP contribution is 2.43. The normalized spacial score (nSPS) is 20.0. The third-order valence-corrected chi connectivity index (χ3v) is 3.10. The summed E-state index contributed by atoms with van der Waals surface area (Å²) in [5.41, 5.74) is -0.962. The van der Waals surface area contributed by atoms with Gasteiger partial charge in [0.2, 0.25) is 0 Å². The maximum Gasteiger partial charge on any atom is 0.408 e. The number of amides is 1. The van der Waals surface area contributed by atoms with Gasteiger partial charge >= 0.3 is 12.1 Å². The first-order valence-electron chi connectivity index (χ1n) is 5.86. The summed E-state index contributed by atoms with van der Waals surface area (Å²) in [5, 5.41) is 11.6. The number of carboxylic acids is 1. The summed E-state index contributed by atoms with van der Waals surface area (Å²) in [5.74, 6) is -1.00. The molecule has 1 amide bonds. The summed E-state index contributed by atoms with van der Waals surface area (Å²) in [6, 6.07) is -0.869. The van der Waals surface area contributed by atoms with Crippen LogP contribution in [0.5, 0.6) is 0 Å². The van der Waals surface area contributed by atoms with Crippen molar-refractivity contribution in [1.29, 1.82) is 0 Å². The zero-order valence-corrected chi connectivity index (χ0v) is 10.9. The molecule has 5 nitrogen and oxygen atoms in total. The number of ether oxygens (including phenoxy) is 1. The van der Waals surface area contributed by atoms with Crippen LogP contribution in [0.25, 0.3) is 0 Å². The fourth-order valence-corrected chi connectivity index (χ4v) is 1.98. The fraction of sp³-hybridized carbons (Fsp3) is 0.833. The third-order valence-electron chi connectivity index (χ3n) is 3.10. The molecule has 0 saturated heterocycles. The Morgan fingerprint density at radius 2 is 1.88 bits per heavy atom. The first-order chi connectivity index (χ1) is 7.64. The molecule has 1 fully saturated rings. The number of hydrogen-bond donors (Lipinski definition) is 2. The molecule has 17 heavy (non-hydrogen) atoms. The molecule has 0 aliphatic heterocycles. The molecule has 0 radical (unpaired) electrons. The van der Waals surface area contributed by atoms with E-state index in [4.69, 9.17) is 9.84 Å². The highest BCUT2D eigenvalue weighted by molar-refractivity contribution is 5.81. The van der Waals surface area contributed by atoms with E-state index in [0.717, 1.165) is 19.3 Å². The van der Waals surface area contributed by atoms with Gasteiger partial charge in [-0.3, -0.25) is 0 Å². The summed E-state index contributed by atoms with van der Waals surface area (Å²) >= 11 is 0. The predicted octanol–water partition coefficient (Wildman–Crippen LogP) is 2.15. The van der Waals surface area contributed by atoms with Gasteiger partial charge < -0.3 is 15.2 Å². The summed E-state index contributed by atoms with van der Waals surface area (Å²) in [6.45, 7) is 7.11. The number of carbonyl (C=O) groups is 2. The average molecular weight is 243 g/mol. The molecule has 1 aliphatic carbocycles. The third kappa shape index (κ3) is 3.61. The number of aliphatic carboxylic acids is 1. The van der Waals surface area contributed by atoms with Gasteiger partial charge in [-0.15, -0.1) is 0 Å². The fourth-order valence-electron chi connectivity index (χ4n) is 1.98. The largest absolute Gasteiger partial charge is 0.480 e. The summed E-state index contributed by atoms with van der Waals surface area (Å²) in [4.78, 5) is 22.7. The van der Waals surface area contributed by atoms with E-state index in [1.54, 1.807) is 20.8 Å². The van der Waals surface area contributed by atoms with E-state index in [0.29, 0.717) is 0 Å². The van der Waals surface area contributed by atoms with Gasteiger partial charge in [-0.1, -0.05) is 13.3 Å². The van der Waals surface area contributed by atoms with Crippen LogP contribution < -0.4 is 5.32 Å². The van der Waals surface area contributed by atoms with E-state index in [9.17, 15) is 9.59 Å². The number of carbonyl (C=O) groups excluding carboxylic acids is 1. The number of alkyl carbamates (subject to hydrolysis) is 1. The lowest BCUT2D eigenvalue weighted by Crippen LogP contribution is -2.55. The maximum atomic E-state index is 11.6. The molecular formula is C12H21NO4. The van der Waals surface area contributed by atoms with E-state index >= 15 is 0 Å². The Balaban J connectivity index is 2.62. The van der Waals surface area contributed by atoms with Crippen molar-refractivity contribution >= 4 is 12.1 Å². The standard InChI is InChI=1S/C12H21NO4/c1-11(2,3)17-10(16)13-8(9(14)15)12(4)6-5-7-12/h8H,5-7H2,1-4H3,(H,13,16)(H,14,15)/t8-/m0/s1. The van der Waals surface area contributed by atoms with Gasteiger partial charge in [0.25, 0.3) is 0 Å². The molecule has 0 aromatic carbocycles. The molecular weight excluding hydrogens is 222 g/mol. The molecule has 0 aromatic rings. The maximum absolute atomic E-state index is 11.6. The monoisotopic (exact) mass is 243 g/mol. The molecule has 1 rings (SSSR count). The van der Waals surface area contributed by atoms with Crippen LogP contribution in [0.3, 0.4) is 0 Å². The van der Waals surface area contributed by atoms with E-state index in [-0.39, 0.29) is 5.41 Å². The molecule has 0 heterocycles. The van der Waals surface area contributed by atoms with Crippen molar-refractivity contribution < 1.29 is 19.4 Å². The van der Waals surface area contributed by atoms with Crippen LogP contribution >= 0.6 is 0 Å². The number of carboxylic acid groups (broad SMARTS) is 1. The number of rotatable bonds is 3. The van der Waals surface area contributed by atoms with Crippen molar-refractivity contribution in [2.75, 3.05) is 0 Å². The number of nitrogens with one attached hydrogen (secondary N) is 1. The Hall–Kier alpha value is -1.26. The van der Waals surface area contributed by atoms with Gasteiger partial charge in [0, 0.05) is 0 Å². The quantitative estimate of drug-likeness (QED) is 0.796. The van der Waals surface area contributed by atoms with E-state index in [1.807, 2.05) is 6.92 Å². The summed E-state index contributed by atoms with van der Waals surface area (Å²) < 4.78 is 5.07. The summed E-state index contributed by atoms with van der Waals surface area (Å²) in [7, 11) is 0. The van der Waals surface area contributed by atoms with Crippen molar-refractivity contribution in [3.8, 4) is 0 Å². The Morgan fingerprint density at radius 3 is 2.18 bits per heavy atom. The lowest BCUT2D eigenvalue weighted by Gasteiger charge is -2.43. The average Bonchev–Trinajstić information content (AvgIpc) is 2.07. The highest BCUT2D eigenvalue weighted by atomic mass is 16.6. The molecule has 0 bridgehead atoms. The lowest BCUT2D eigenvalue weighted by molar-refractivity contribution is -0.145. The molecule has 0 unspecified atom stereocenters. The second-order valence-corrected chi connectivity index (χ2v) is 5.93. The van der Waals surface area contributed by atoms with E-state index < -0.39 is 23.7 Å². The molecule has 0 aromatic heterocycles. The van der Waals surface area contributed by atoms with E-state index in [2.05, 4.69) is 5.32 Å². The molecule has 0 spiro atoms. The van der Waals surface area contributed by atoms with Gasteiger partial charge in [0.15, 0.2) is 0 Å². The van der Waals surface area contributed by atoms with Crippen LogP contribution in [0.2, 0.25) is 0 Å². The Kier molecular flexibility index (Phi) is 3.69. The zero-order chi connectivity index (χ0) is 13.3. The van der Waals surface area contributed by atoms with Gasteiger partial charge in [-0.2, -0.15) is 0 Å². The van der Waals surface area contributed by atoms with Crippen LogP contribution in [0.15, 0.2) is 0 Å². The lowest BCUT2D eigenvalue weighted by atomic mass is 9.65. The van der Waals surface area contributed by atoms with Gasteiger partial charge in [-0.25, -0.2) is 9.59 Å². The molecule has 5 heteroatoms. The Morgan fingerprint density at radius 1 is 1.35 bits per heavy atom.